The predicted molar refractivity (Wildman–Crippen MR) is 163 cm³/mol. The predicted octanol–water partition coefficient (Wildman–Crippen LogP) is 7.27. The molecule has 49 heavy (non-hydrogen) atoms. The Bertz CT molecular complexity index is 1750. The molecule has 2 aliphatic rings. The van der Waals surface area contributed by atoms with E-state index in [0.29, 0.717) is 47.5 Å². The van der Waals surface area contributed by atoms with Gasteiger partial charge >= 0.3 is 24.3 Å². The molecule has 1 fully saturated rings. The molecule has 262 valence electrons. The average Bonchev–Trinajstić information content (AvgIpc) is 3.05. The summed E-state index contributed by atoms with van der Waals surface area (Å²) in [4.78, 5) is 48.5. The number of halogens is 6. The number of carbonyl (C=O) groups excluding carboxylic acids is 3. The van der Waals surface area contributed by atoms with Crippen molar-refractivity contribution in [2.45, 2.75) is 50.9 Å². The molecule has 3 N–H and O–H groups in total. The standard InChI is InChI=1S/C29H28ClF2N5O5.C2HF3O2/c1-15-4-3-5-23(37-11-10-24(42-29(37)40)25-20(31)9-8-19(30)26(25)32)22-12-16(14-33-36-22)18-7-6-17(34-28(39)41-2)13-21(18)35-27(15)38;3-2(4,5)1(6)7/h6-9,12-15,23-24H,3-5,10-11H2,1-2H3,(H,34,39)(H,35,38);(H,6,7)/t15?,23-,24?;/m0./s1. The summed E-state index contributed by atoms with van der Waals surface area (Å²) in [6.45, 7) is 1.94. The van der Waals surface area contributed by atoms with E-state index in [4.69, 9.17) is 26.2 Å². The van der Waals surface area contributed by atoms with Gasteiger partial charge in [-0.05, 0) is 43.2 Å². The zero-order chi connectivity index (χ0) is 36.0. The first-order valence-electron chi connectivity index (χ1n) is 14.6. The van der Waals surface area contributed by atoms with Crippen molar-refractivity contribution in [3.8, 4) is 11.1 Å². The van der Waals surface area contributed by atoms with E-state index in [2.05, 4.69) is 25.6 Å². The van der Waals surface area contributed by atoms with E-state index in [9.17, 15) is 36.3 Å². The van der Waals surface area contributed by atoms with Crippen LogP contribution in [0.1, 0.15) is 56.0 Å². The molecule has 18 heteroatoms. The summed E-state index contributed by atoms with van der Waals surface area (Å²) < 4.78 is 71.1. The van der Waals surface area contributed by atoms with Gasteiger partial charge in [0.05, 0.1) is 41.3 Å². The summed E-state index contributed by atoms with van der Waals surface area (Å²) in [5, 5.41) is 20.9. The molecule has 3 amide bonds. The maximum Gasteiger partial charge on any atom is 0.490 e. The molecule has 2 aliphatic heterocycles. The van der Waals surface area contributed by atoms with Gasteiger partial charge in [-0.2, -0.15) is 23.4 Å². The number of fused-ring (bicyclic) bond motifs is 4. The molecule has 12 nitrogen and oxygen atoms in total. The molecule has 1 aromatic heterocycles. The molecule has 3 aromatic rings. The molecule has 5 rings (SSSR count). The van der Waals surface area contributed by atoms with Crippen molar-refractivity contribution in [1.29, 1.82) is 0 Å². The van der Waals surface area contributed by atoms with Crippen molar-refractivity contribution < 1.29 is 55.7 Å². The molecule has 0 radical (unpaired) electrons. The smallest absolute Gasteiger partial charge is 0.475 e. The van der Waals surface area contributed by atoms with Crippen LogP contribution in [0, 0.1) is 17.6 Å². The van der Waals surface area contributed by atoms with E-state index < -0.39 is 48.1 Å². The number of rotatable bonds is 3. The number of aromatic nitrogens is 2. The van der Waals surface area contributed by atoms with E-state index >= 15 is 0 Å². The molecule has 2 aromatic carbocycles. The molecule has 3 heterocycles. The lowest BCUT2D eigenvalue weighted by atomic mass is 9.94. The SMILES string of the molecule is COC(=O)Nc1ccc2c(c1)NC(=O)C(C)CCC[C@H](N1CCC(c3c(F)ccc(Cl)c3F)OC1=O)c1cc-2cnn1.O=C(O)C(F)(F)F. The van der Waals surface area contributed by atoms with Crippen LogP contribution in [0.4, 0.5) is 42.9 Å². The van der Waals surface area contributed by atoms with E-state index in [1.807, 2.05) is 0 Å². The lowest BCUT2D eigenvalue weighted by Crippen LogP contribution is -2.42. The zero-order valence-electron chi connectivity index (χ0n) is 25.8. The summed E-state index contributed by atoms with van der Waals surface area (Å²) in [5.41, 5.74) is 2.21. The molecule has 3 atom stereocenters. The molecular weight excluding hydrogens is 685 g/mol. The second kappa shape index (κ2) is 15.4. The fourth-order valence-corrected chi connectivity index (χ4v) is 5.39. The van der Waals surface area contributed by atoms with Crippen molar-refractivity contribution >= 4 is 47.0 Å². The topological polar surface area (TPSA) is 160 Å². The van der Waals surface area contributed by atoms with Crippen LogP contribution >= 0.6 is 11.6 Å². The van der Waals surface area contributed by atoms with Crippen LogP contribution < -0.4 is 10.6 Å². The first kappa shape index (κ1) is 36.8. The van der Waals surface area contributed by atoms with Gasteiger partial charge in [0.25, 0.3) is 0 Å². The fourth-order valence-electron chi connectivity index (χ4n) is 5.23. The number of methoxy groups -OCH3 is 1. The molecule has 1 saturated heterocycles. The van der Waals surface area contributed by atoms with Crippen molar-refractivity contribution in [2.75, 3.05) is 24.3 Å². The van der Waals surface area contributed by atoms with Crippen molar-refractivity contribution in [3.05, 3.63) is 70.5 Å². The Balaban J connectivity index is 0.000000698. The number of carboxylic acids is 1. The monoisotopic (exact) mass is 713 g/mol. The van der Waals surface area contributed by atoms with E-state index in [0.717, 1.165) is 12.1 Å². The summed E-state index contributed by atoms with van der Waals surface area (Å²) in [7, 11) is 1.25. The number of ether oxygens (including phenoxy) is 2. The number of amides is 3. The van der Waals surface area contributed by atoms with Gasteiger partial charge < -0.3 is 19.9 Å². The van der Waals surface area contributed by atoms with Gasteiger partial charge in [-0.25, -0.2) is 23.2 Å². The van der Waals surface area contributed by atoms with Crippen LogP contribution in [0.15, 0.2) is 42.6 Å². The van der Waals surface area contributed by atoms with E-state index in [1.54, 1.807) is 31.2 Å². The molecule has 0 saturated carbocycles. The van der Waals surface area contributed by atoms with Gasteiger partial charge in [0.1, 0.15) is 11.9 Å². The van der Waals surface area contributed by atoms with Crippen LogP contribution in [0.25, 0.3) is 11.1 Å². The molecule has 0 spiro atoms. The number of carboxylic acid groups (broad SMARTS) is 1. The van der Waals surface area contributed by atoms with Crippen molar-refractivity contribution in [3.63, 3.8) is 0 Å². The minimum atomic E-state index is -5.08. The number of nitrogens with zero attached hydrogens (tertiary/aromatic N) is 3. The Morgan fingerprint density at radius 3 is 2.49 bits per heavy atom. The highest BCUT2D eigenvalue weighted by Crippen LogP contribution is 2.39. The summed E-state index contributed by atoms with van der Waals surface area (Å²) in [6.07, 6.45) is -4.45. The number of alkyl halides is 3. The lowest BCUT2D eigenvalue weighted by molar-refractivity contribution is -0.192. The number of benzene rings is 2. The van der Waals surface area contributed by atoms with Crippen LogP contribution in [-0.2, 0) is 19.1 Å². The second-order valence-corrected chi connectivity index (χ2v) is 11.4. The second-order valence-electron chi connectivity index (χ2n) is 11.0. The van der Waals surface area contributed by atoms with E-state index in [-0.39, 0.29) is 35.4 Å². The van der Waals surface area contributed by atoms with Gasteiger partial charge in [-0.1, -0.05) is 31.0 Å². The largest absolute Gasteiger partial charge is 0.490 e. The Hall–Kier alpha value is -5.06. The Labute approximate surface area is 280 Å². The van der Waals surface area contributed by atoms with Gasteiger partial charge in [0.15, 0.2) is 5.82 Å². The number of carbonyl (C=O) groups is 4. The number of hydrogen-bond donors (Lipinski definition) is 3. The first-order valence-corrected chi connectivity index (χ1v) is 15.0. The first-order chi connectivity index (χ1) is 23.1. The number of nitrogens with one attached hydrogen (secondary N) is 2. The summed E-state index contributed by atoms with van der Waals surface area (Å²) in [6, 6.07) is 8.36. The van der Waals surface area contributed by atoms with Crippen molar-refractivity contribution in [1.82, 2.24) is 15.1 Å². The minimum absolute atomic E-state index is 0.126. The third kappa shape index (κ3) is 8.90. The zero-order valence-corrected chi connectivity index (χ0v) is 26.6. The quantitative estimate of drug-likeness (QED) is 0.187. The number of hydrogen-bond acceptors (Lipinski definition) is 8. The van der Waals surface area contributed by atoms with Gasteiger partial charge in [-0.3, -0.25) is 15.0 Å². The number of cyclic esters (lactones) is 1. The molecule has 2 unspecified atom stereocenters. The van der Waals surface area contributed by atoms with Crippen LogP contribution in [0.3, 0.4) is 0 Å². The highest BCUT2D eigenvalue weighted by atomic mass is 35.5. The maximum absolute atomic E-state index is 14.7. The Morgan fingerprint density at radius 1 is 1.12 bits per heavy atom. The number of anilines is 2. The summed E-state index contributed by atoms with van der Waals surface area (Å²) >= 11 is 5.85. The number of aliphatic carboxylic acids is 1. The Morgan fingerprint density at radius 2 is 1.84 bits per heavy atom. The van der Waals surface area contributed by atoms with Crippen LogP contribution in [0.2, 0.25) is 5.02 Å². The van der Waals surface area contributed by atoms with Crippen LogP contribution in [-0.4, -0.2) is 64.1 Å². The normalized spacial score (nSPS) is 19.4. The van der Waals surface area contributed by atoms with Gasteiger partial charge in [-0.15, -0.1) is 0 Å². The van der Waals surface area contributed by atoms with E-state index in [1.165, 1.54) is 18.2 Å². The fraction of sp³-hybridized carbons (Fsp3) is 0.355. The Kier molecular flexibility index (Phi) is 11.6. The average molecular weight is 714 g/mol. The van der Waals surface area contributed by atoms with Crippen LogP contribution in [0.5, 0.6) is 0 Å². The summed E-state index contributed by atoms with van der Waals surface area (Å²) in [5.74, 6) is -5.14. The minimum Gasteiger partial charge on any atom is -0.475 e. The third-order valence-corrected chi connectivity index (χ3v) is 8.02. The highest BCUT2D eigenvalue weighted by molar-refractivity contribution is 6.30. The van der Waals surface area contributed by atoms with Crippen molar-refractivity contribution in [2.24, 2.45) is 5.92 Å². The molecule has 2 bridgehead atoms. The highest BCUT2D eigenvalue weighted by Gasteiger charge is 2.39. The van der Waals surface area contributed by atoms with Gasteiger partial charge in [0, 0.05) is 35.7 Å². The maximum atomic E-state index is 14.7. The van der Waals surface area contributed by atoms with Gasteiger partial charge in [0.2, 0.25) is 5.91 Å². The lowest BCUT2D eigenvalue weighted by Gasteiger charge is -2.37. The molecule has 0 aliphatic carbocycles. The third-order valence-electron chi connectivity index (χ3n) is 7.73. The molecular formula is C31H29ClF5N5O7.